The minimum absolute atomic E-state index is 0.0962. The quantitative estimate of drug-likeness (QED) is 0.839. The molecule has 3 N–H and O–H groups in total. The van der Waals surface area contributed by atoms with Crippen molar-refractivity contribution < 1.29 is 9.53 Å². The lowest BCUT2D eigenvalue weighted by Gasteiger charge is -2.24. The molecule has 0 saturated carbocycles. The summed E-state index contributed by atoms with van der Waals surface area (Å²) in [6.07, 6.45) is 0.513. The number of benzene rings is 1. The van der Waals surface area contributed by atoms with Crippen molar-refractivity contribution in [3.63, 3.8) is 0 Å². The zero-order chi connectivity index (χ0) is 12.4. The van der Waals surface area contributed by atoms with Crippen molar-refractivity contribution in [2.24, 2.45) is 5.73 Å². The Labute approximate surface area is 101 Å². The number of rotatable bonds is 3. The summed E-state index contributed by atoms with van der Waals surface area (Å²) >= 11 is 0. The highest BCUT2D eigenvalue weighted by Gasteiger charge is 2.23. The van der Waals surface area contributed by atoms with Gasteiger partial charge in [-0.15, -0.1) is 0 Å². The van der Waals surface area contributed by atoms with E-state index >= 15 is 0 Å². The summed E-state index contributed by atoms with van der Waals surface area (Å²) in [7, 11) is 0. The molecule has 1 aromatic rings. The number of carbonyl (C=O) groups is 1. The molecule has 1 amide bonds. The van der Waals surface area contributed by atoms with Gasteiger partial charge in [0.25, 0.3) is 5.91 Å². The molecule has 2 unspecified atom stereocenters. The topological polar surface area (TPSA) is 64.3 Å². The molecule has 1 aliphatic rings. The second-order valence-electron chi connectivity index (χ2n) is 4.48. The van der Waals surface area contributed by atoms with Crippen molar-refractivity contribution in [2.45, 2.75) is 32.3 Å². The molecule has 1 aromatic carbocycles. The molecule has 17 heavy (non-hydrogen) atoms. The minimum atomic E-state index is -0.421. The third kappa shape index (κ3) is 2.42. The molecule has 0 radical (unpaired) electrons. The van der Waals surface area contributed by atoms with E-state index in [1.807, 2.05) is 18.2 Å². The van der Waals surface area contributed by atoms with Gasteiger partial charge in [-0.2, -0.15) is 0 Å². The van der Waals surface area contributed by atoms with Gasteiger partial charge in [0.1, 0.15) is 5.75 Å². The molecular weight excluding hydrogens is 216 g/mol. The fourth-order valence-electron chi connectivity index (χ4n) is 1.95. The van der Waals surface area contributed by atoms with Crippen molar-refractivity contribution >= 4 is 11.6 Å². The molecule has 0 bridgehead atoms. The molecule has 2 rings (SSSR count). The predicted octanol–water partition coefficient (Wildman–Crippen LogP) is 1.86. The van der Waals surface area contributed by atoms with Gasteiger partial charge in [-0.3, -0.25) is 4.79 Å². The Kier molecular flexibility index (Phi) is 3.33. The van der Waals surface area contributed by atoms with Gasteiger partial charge in [0, 0.05) is 0 Å². The number of anilines is 1. The molecule has 0 fully saturated rings. The van der Waals surface area contributed by atoms with Gasteiger partial charge in [0.2, 0.25) is 0 Å². The smallest absolute Gasteiger partial charge is 0.265 e. The maximum absolute atomic E-state index is 11.5. The number of hydrogen-bond donors (Lipinski definition) is 2. The van der Waals surface area contributed by atoms with Crippen LogP contribution in [0.15, 0.2) is 18.2 Å². The average Bonchev–Trinajstić information content (AvgIpc) is 2.30. The highest BCUT2D eigenvalue weighted by Crippen LogP contribution is 2.33. The lowest BCUT2D eigenvalue weighted by Crippen LogP contribution is -2.34. The lowest BCUT2D eigenvalue weighted by molar-refractivity contribution is -0.122. The van der Waals surface area contributed by atoms with E-state index in [2.05, 4.69) is 12.2 Å². The fraction of sp³-hybridized carbons (Fsp3) is 0.462. The highest BCUT2D eigenvalue weighted by molar-refractivity contribution is 5.97. The van der Waals surface area contributed by atoms with Crippen LogP contribution in [0.25, 0.3) is 0 Å². The third-order valence-corrected chi connectivity index (χ3v) is 3.10. The Bertz CT molecular complexity index is 431. The van der Waals surface area contributed by atoms with Crippen LogP contribution in [-0.2, 0) is 4.79 Å². The van der Waals surface area contributed by atoms with Crippen LogP contribution in [0.2, 0.25) is 0 Å². The van der Waals surface area contributed by atoms with E-state index in [-0.39, 0.29) is 5.91 Å². The van der Waals surface area contributed by atoms with Crippen molar-refractivity contribution in [3.8, 4) is 5.75 Å². The van der Waals surface area contributed by atoms with Gasteiger partial charge >= 0.3 is 0 Å². The van der Waals surface area contributed by atoms with Gasteiger partial charge in [-0.05, 0) is 43.5 Å². The maximum atomic E-state index is 11.5. The Hall–Kier alpha value is -1.55. The van der Waals surface area contributed by atoms with Gasteiger partial charge < -0.3 is 15.8 Å². The zero-order valence-electron chi connectivity index (χ0n) is 10.2. The molecule has 2 atom stereocenters. The number of nitrogens with two attached hydrogens (primary N) is 1. The first-order valence-corrected chi connectivity index (χ1v) is 5.93. The van der Waals surface area contributed by atoms with Crippen LogP contribution in [-0.4, -0.2) is 18.6 Å². The molecular formula is C13H18N2O2. The molecule has 0 saturated heterocycles. The van der Waals surface area contributed by atoms with Crippen molar-refractivity contribution in [1.29, 1.82) is 0 Å². The molecule has 0 aromatic heterocycles. The molecule has 92 valence electrons. The lowest BCUT2D eigenvalue weighted by atomic mass is 9.97. The maximum Gasteiger partial charge on any atom is 0.265 e. The van der Waals surface area contributed by atoms with E-state index in [0.29, 0.717) is 12.5 Å². The molecule has 0 spiro atoms. The standard InChI is InChI=1S/C13H18N2O2/c1-8(5-6-14)10-3-4-12-11(7-10)15-13(16)9(2)17-12/h3-4,7-9H,5-6,14H2,1-2H3,(H,15,16). The minimum Gasteiger partial charge on any atom is -0.479 e. The van der Waals surface area contributed by atoms with Gasteiger partial charge in [-0.1, -0.05) is 13.0 Å². The largest absolute Gasteiger partial charge is 0.479 e. The van der Waals surface area contributed by atoms with E-state index < -0.39 is 6.10 Å². The Morgan fingerprint density at radius 2 is 2.29 bits per heavy atom. The Morgan fingerprint density at radius 1 is 1.53 bits per heavy atom. The van der Waals surface area contributed by atoms with Crippen LogP contribution in [0.4, 0.5) is 5.69 Å². The first kappa shape index (κ1) is 11.9. The van der Waals surface area contributed by atoms with E-state index in [0.717, 1.165) is 17.9 Å². The summed E-state index contributed by atoms with van der Waals surface area (Å²) in [4.78, 5) is 11.5. The summed E-state index contributed by atoms with van der Waals surface area (Å²) in [5.74, 6) is 1.03. The Morgan fingerprint density at radius 3 is 3.00 bits per heavy atom. The second kappa shape index (κ2) is 4.75. The summed E-state index contributed by atoms with van der Waals surface area (Å²) in [6.45, 7) is 4.53. The average molecular weight is 234 g/mol. The zero-order valence-corrected chi connectivity index (χ0v) is 10.2. The van der Waals surface area contributed by atoms with Crippen molar-refractivity contribution in [2.75, 3.05) is 11.9 Å². The summed E-state index contributed by atoms with van der Waals surface area (Å²) in [5, 5.41) is 2.85. The number of amides is 1. The summed E-state index contributed by atoms with van der Waals surface area (Å²) in [5.41, 5.74) is 7.48. The van der Waals surface area contributed by atoms with E-state index in [1.54, 1.807) is 6.92 Å². The van der Waals surface area contributed by atoms with Crippen LogP contribution in [0, 0.1) is 0 Å². The third-order valence-electron chi connectivity index (χ3n) is 3.10. The van der Waals surface area contributed by atoms with Crippen molar-refractivity contribution in [1.82, 2.24) is 0 Å². The number of hydrogen-bond acceptors (Lipinski definition) is 3. The van der Waals surface area contributed by atoms with Gasteiger partial charge in [-0.25, -0.2) is 0 Å². The highest BCUT2D eigenvalue weighted by atomic mass is 16.5. The first-order chi connectivity index (χ1) is 8.11. The summed E-state index contributed by atoms with van der Waals surface area (Å²) in [6, 6.07) is 5.91. The van der Waals surface area contributed by atoms with Crippen LogP contribution >= 0.6 is 0 Å². The predicted molar refractivity (Wildman–Crippen MR) is 67.2 cm³/mol. The molecule has 4 heteroatoms. The van der Waals surface area contributed by atoms with Gasteiger partial charge in [0.05, 0.1) is 5.69 Å². The van der Waals surface area contributed by atoms with Crippen LogP contribution in [0.5, 0.6) is 5.75 Å². The van der Waals surface area contributed by atoms with E-state index in [1.165, 1.54) is 5.56 Å². The first-order valence-electron chi connectivity index (χ1n) is 5.93. The molecule has 0 aliphatic carbocycles. The summed E-state index contributed by atoms with van der Waals surface area (Å²) < 4.78 is 5.50. The van der Waals surface area contributed by atoms with Crippen LogP contribution < -0.4 is 15.8 Å². The number of carbonyl (C=O) groups excluding carboxylic acids is 1. The fourth-order valence-corrected chi connectivity index (χ4v) is 1.95. The SMILES string of the molecule is CC1Oc2ccc(C(C)CCN)cc2NC1=O. The molecule has 1 heterocycles. The monoisotopic (exact) mass is 234 g/mol. The Balaban J connectivity index is 2.25. The van der Waals surface area contributed by atoms with Crippen LogP contribution in [0.1, 0.15) is 31.7 Å². The second-order valence-corrected chi connectivity index (χ2v) is 4.48. The van der Waals surface area contributed by atoms with Crippen molar-refractivity contribution in [3.05, 3.63) is 23.8 Å². The normalized spacial score (nSPS) is 20.2. The molecule has 1 aliphatic heterocycles. The number of fused-ring (bicyclic) bond motifs is 1. The van der Waals surface area contributed by atoms with Crippen LogP contribution in [0.3, 0.4) is 0 Å². The van der Waals surface area contributed by atoms with E-state index in [9.17, 15) is 4.79 Å². The molecule has 4 nitrogen and oxygen atoms in total. The number of nitrogens with one attached hydrogen (secondary N) is 1. The van der Waals surface area contributed by atoms with E-state index in [4.69, 9.17) is 10.5 Å². The number of ether oxygens (including phenoxy) is 1. The van der Waals surface area contributed by atoms with Gasteiger partial charge in [0.15, 0.2) is 6.10 Å².